The van der Waals surface area contributed by atoms with Crippen LogP contribution in [0.3, 0.4) is 0 Å². The van der Waals surface area contributed by atoms with Crippen molar-refractivity contribution in [3.8, 4) is 0 Å². The maximum absolute atomic E-state index is 10.4. The molecule has 0 atom stereocenters. The number of rotatable bonds is 4. The zero-order chi connectivity index (χ0) is 11.4. The fraction of sp³-hybridized carbons (Fsp3) is 0.545. The van der Waals surface area contributed by atoms with E-state index in [2.05, 4.69) is 15.3 Å². The van der Waals surface area contributed by atoms with Gasteiger partial charge in [0, 0.05) is 12.1 Å². The van der Waals surface area contributed by atoms with E-state index in [4.69, 9.17) is 5.11 Å². The third-order valence-corrected chi connectivity index (χ3v) is 2.82. The van der Waals surface area contributed by atoms with E-state index in [1.54, 1.807) is 12.3 Å². The first-order chi connectivity index (χ1) is 7.75. The molecule has 1 aromatic heterocycles. The maximum atomic E-state index is 10.4. The molecular formula is C11H15N3O2. The number of nitrogens with zero attached hydrogens (tertiary/aromatic N) is 2. The molecular weight excluding hydrogens is 206 g/mol. The standard InChI is InChI=1S/C11H15N3O2/c15-10(16)7-13-9-5-6-12-11(14-9)8-3-1-2-4-8/h5-6,8H,1-4,7H2,(H,15,16)(H,12,13,14). The Morgan fingerprint density at radius 1 is 1.50 bits per heavy atom. The van der Waals surface area contributed by atoms with E-state index < -0.39 is 5.97 Å². The lowest BCUT2D eigenvalue weighted by Crippen LogP contribution is -2.14. The SMILES string of the molecule is O=C(O)CNc1ccnc(C2CCCC2)n1. The highest BCUT2D eigenvalue weighted by molar-refractivity contribution is 5.72. The van der Waals surface area contributed by atoms with Crippen LogP contribution < -0.4 is 5.32 Å². The van der Waals surface area contributed by atoms with Crippen LogP contribution in [0.5, 0.6) is 0 Å². The monoisotopic (exact) mass is 221 g/mol. The summed E-state index contributed by atoms with van der Waals surface area (Å²) in [5, 5.41) is 11.3. The molecule has 1 aromatic rings. The zero-order valence-electron chi connectivity index (χ0n) is 9.02. The van der Waals surface area contributed by atoms with Gasteiger partial charge in [-0.05, 0) is 18.9 Å². The molecule has 1 heterocycles. The fourth-order valence-corrected chi connectivity index (χ4v) is 2.02. The van der Waals surface area contributed by atoms with E-state index in [0.717, 1.165) is 18.7 Å². The third-order valence-electron chi connectivity index (χ3n) is 2.82. The number of carboxylic acid groups (broad SMARTS) is 1. The van der Waals surface area contributed by atoms with E-state index in [1.807, 2.05) is 0 Å². The van der Waals surface area contributed by atoms with Crippen molar-refractivity contribution >= 4 is 11.8 Å². The Morgan fingerprint density at radius 3 is 2.94 bits per heavy atom. The molecule has 2 rings (SSSR count). The van der Waals surface area contributed by atoms with Crippen LogP contribution in [0, 0.1) is 0 Å². The molecule has 0 spiro atoms. The fourth-order valence-electron chi connectivity index (χ4n) is 2.02. The largest absolute Gasteiger partial charge is 0.480 e. The summed E-state index contributed by atoms with van der Waals surface area (Å²) in [4.78, 5) is 19.0. The van der Waals surface area contributed by atoms with Crippen molar-refractivity contribution in [3.63, 3.8) is 0 Å². The zero-order valence-corrected chi connectivity index (χ0v) is 9.02. The van der Waals surface area contributed by atoms with Gasteiger partial charge in [0.15, 0.2) is 0 Å². The second kappa shape index (κ2) is 4.92. The summed E-state index contributed by atoms with van der Waals surface area (Å²) in [6.45, 7) is -0.110. The summed E-state index contributed by atoms with van der Waals surface area (Å²) in [7, 11) is 0. The molecule has 0 saturated heterocycles. The van der Waals surface area contributed by atoms with Crippen LogP contribution in [-0.4, -0.2) is 27.6 Å². The average molecular weight is 221 g/mol. The van der Waals surface area contributed by atoms with Crippen molar-refractivity contribution in [2.24, 2.45) is 0 Å². The smallest absolute Gasteiger partial charge is 0.322 e. The molecule has 0 unspecified atom stereocenters. The van der Waals surface area contributed by atoms with E-state index in [9.17, 15) is 4.79 Å². The average Bonchev–Trinajstić information content (AvgIpc) is 2.80. The predicted molar refractivity (Wildman–Crippen MR) is 59.4 cm³/mol. The van der Waals surface area contributed by atoms with Crippen LogP contribution in [0.1, 0.15) is 37.4 Å². The minimum Gasteiger partial charge on any atom is -0.480 e. The molecule has 5 heteroatoms. The first-order valence-corrected chi connectivity index (χ1v) is 5.54. The molecule has 1 saturated carbocycles. The third kappa shape index (κ3) is 2.68. The highest BCUT2D eigenvalue weighted by Crippen LogP contribution is 2.32. The molecule has 5 nitrogen and oxygen atoms in total. The second-order valence-electron chi connectivity index (χ2n) is 4.03. The van der Waals surface area contributed by atoms with Crippen molar-refractivity contribution in [3.05, 3.63) is 18.1 Å². The Balaban J connectivity index is 2.03. The van der Waals surface area contributed by atoms with Gasteiger partial charge in [-0.1, -0.05) is 12.8 Å². The molecule has 16 heavy (non-hydrogen) atoms. The highest BCUT2D eigenvalue weighted by atomic mass is 16.4. The van der Waals surface area contributed by atoms with Crippen LogP contribution in [0.15, 0.2) is 12.3 Å². The van der Waals surface area contributed by atoms with Crippen molar-refractivity contribution in [1.82, 2.24) is 9.97 Å². The summed E-state index contributed by atoms with van der Waals surface area (Å²) in [6, 6.07) is 1.70. The molecule has 86 valence electrons. The van der Waals surface area contributed by atoms with Crippen LogP contribution in [0.4, 0.5) is 5.82 Å². The lowest BCUT2D eigenvalue weighted by Gasteiger charge is -2.09. The highest BCUT2D eigenvalue weighted by Gasteiger charge is 2.19. The molecule has 0 bridgehead atoms. The number of aromatic nitrogens is 2. The van der Waals surface area contributed by atoms with E-state index >= 15 is 0 Å². The van der Waals surface area contributed by atoms with Gasteiger partial charge in [-0.2, -0.15) is 0 Å². The Hall–Kier alpha value is -1.65. The van der Waals surface area contributed by atoms with E-state index in [1.165, 1.54) is 12.8 Å². The Kier molecular flexibility index (Phi) is 3.34. The van der Waals surface area contributed by atoms with Gasteiger partial charge in [-0.25, -0.2) is 9.97 Å². The van der Waals surface area contributed by atoms with Gasteiger partial charge >= 0.3 is 5.97 Å². The quantitative estimate of drug-likeness (QED) is 0.808. The lowest BCUT2D eigenvalue weighted by atomic mass is 10.1. The van der Waals surface area contributed by atoms with Crippen LogP contribution >= 0.6 is 0 Å². The number of hydrogen-bond acceptors (Lipinski definition) is 4. The van der Waals surface area contributed by atoms with E-state index in [-0.39, 0.29) is 6.54 Å². The number of hydrogen-bond donors (Lipinski definition) is 2. The predicted octanol–water partition coefficient (Wildman–Crippen LogP) is 1.63. The number of carboxylic acids is 1. The first-order valence-electron chi connectivity index (χ1n) is 5.54. The van der Waals surface area contributed by atoms with Crippen molar-refractivity contribution in [1.29, 1.82) is 0 Å². The summed E-state index contributed by atoms with van der Waals surface area (Å²) in [5.74, 6) is 1.000. The van der Waals surface area contributed by atoms with Crippen LogP contribution in [-0.2, 0) is 4.79 Å². The summed E-state index contributed by atoms with van der Waals surface area (Å²) < 4.78 is 0. The van der Waals surface area contributed by atoms with Gasteiger partial charge in [0.1, 0.15) is 18.2 Å². The molecule has 0 aliphatic heterocycles. The van der Waals surface area contributed by atoms with E-state index in [0.29, 0.717) is 11.7 Å². The Labute approximate surface area is 93.9 Å². The summed E-state index contributed by atoms with van der Waals surface area (Å²) in [5.41, 5.74) is 0. The number of carbonyl (C=O) groups is 1. The van der Waals surface area contributed by atoms with Crippen LogP contribution in [0.25, 0.3) is 0 Å². The molecule has 1 aliphatic carbocycles. The van der Waals surface area contributed by atoms with Gasteiger partial charge in [0.2, 0.25) is 0 Å². The van der Waals surface area contributed by atoms with Gasteiger partial charge in [-0.3, -0.25) is 4.79 Å². The minimum absolute atomic E-state index is 0.110. The maximum Gasteiger partial charge on any atom is 0.322 e. The van der Waals surface area contributed by atoms with Crippen molar-refractivity contribution in [2.75, 3.05) is 11.9 Å². The number of anilines is 1. The van der Waals surface area contributed by atoms with Crippen molar-refractivity contribution < 1.29 is 9.90 Å². The van der Waals surface area contributed by atoms with Gasteiger partial charge in [0.05, 0.1) is 0 Å². The first kappa shape index (κ1) is 10.9. The second-order valence-corrected chi connectivity index (χ2v) is 4.03. The van der Waals surface area contributed by atoms with Gasteiger partial charge < -0.3 is 10.4 Å². The lowest BCUT2D eigenvalue weighted by molar-refractivity contribution is -0.134. The van der Waals surface area contributed by atoms with Crippen LogP contribution in [0.2, 0.25) is 0 Å². The molecule has 0 amide bonds. The Bertz CT molecular complexity index is 375. The van der Waals surface area contributed by atoms with Gasteiger partial charge in [0.25, 0.3) is 0 Å². The van der Waals surface area contributed by atoms with Crippen molar-refractivity contribution in [2.45, 2.75) is 31.6 Å². The molecule has 0 aromatic carbocycles. The summed E-state index contributed by atoms with van der Waals surface area (Å²) in [6.07, 6.45) is 6.44. The molecule has 1 aliphatic rings. The number of nitrogens with one attached hydrogen (secondary N) is 1. The topological polar surface area (TPSA) is 75.1 Å². The Morgan fingerprint density at radius 2 is 2.25 bits per heavy atom. The minimum atomic E-state index is -0.888. The van der Waals surface area contributed by atoms with Gasteiger partial charge in [-0.15, -0.1) is 0 Å². The normalized spacial score (nSPS) is 16.2. The molecule has 2 N–H and O–H groups in total. The molecule has 0 radical (unpaired) electrons. The number of aliphatic carboxylic acids is 1. The summed E-state index contributed by atoms with van der Waals surface area (Å²) >= 11 is 0. The molecule has 1 fully saturated rings.